The maximum atomic E-state index is 16.0. The third kappa shape index (κ3) is 2.54. The minimum atomic E-state index is -5.26. The van der Waals surface area contributed by atoms with Gasteiger partial charge in [0.05, 0.1) is 0 Å². The van der Waals surface area contributed by atoms with Crippen molar-refractivity contribution in [2.24, 2.45) is 0 Å². The second kappa shape index (κ2) is 6.12. The van der Waals surface area contributed by atoms with Gasteiger partial charge in [0, 0.05) is 0 Å². The van der Waals surface area contributed by atoms with Crippen molar-refractivity contribution in [1.82, 2.24) is 9.97 Å². The molecule has 2 aromatic heterocycles. The molecule has 28 heavy (non-hydrogen) atoms. The topological polar surface area (TPSA) is 25.8 Å². The van der Waals surface area contributed by atoms with Crippen LogP contribution in [0.2, 0.25) is 0 Å². The van der Waals surface area contributed by atoms with Crippen LogP contribution in [-0.4, -0.2) is 24.5 Å². The molecule has 0 unspecified atom stereocenters. The van der Waals surface area contributed by atoms with Crippen LogP contribution in [-0.2, 0) is 6.18 Å². The summed E-state index contributed by atoms with van der Waals surface area (Å²) < 4.78 is 131. The molecule has 0 aliphatic rings. The molecular formula is C21H10F4N2Se. The number of hydrogen-bond acceptors (Lipinski definition) is 2. The molecule has 2 nitrogen and oxygen atoms in total. The van der Waals surface area contributed by atoms with E-state index in [2.05, 4.69) is 9.97 Å². The summed E-state index contributed by atoms with van der Waals surface area (Å²) in [5.74, 6) is -1.44. The van der Waals surface area contributed by atoms with Gasteiger partial charge in [-0.25, -0.2) is 0 Å². The van der Waals surface area contributed by atoms with Crippen molar-refractivity contribution < 1.29 is 29.9 Å². The number of fused-ring (bicyclic) bond motifs is 3. The van der Waals surface area contributed by atoms with Gasteiger partial charge in [-0.05, 0) is 0 Å². The molecule has 0 radical (unpaired) electrons. The van der Waals surface area contributed by atoms with Crippen molar-refractivity contribution in [3.63, 3.8) is 0 Å². The van der Waals surface area contributed by atoms with Crippen molar-refractivity contribution in [3.8, 4) is 10.1 Å². The third-order valence-electron chi connectivity index (χ3n) is 4.10. The van der Waals surface area contributed by atoms with Gasteiger partial charge in [-0.2, -0.15) is 0 Å². The quantitative estimate of drug-likeness (QED) is 0.181. The van der Waals surface area contributed by atoms with Gasteiger partial charge in [0.1, 0.15) is 0 Å². The number of nitrogens with zero attached hydrogens (tertiary/aromatic N) is 2. The van der Waals surface area contributed by atoms with Gasteiger partial charge in [-0.3, -0.25) is 0 Å². The first-order valence-electron chi connectivity index (χ1n) is 12.1. The average molecular weight is 454 g/mol. The number of halogens is 4. The number of rotatable bonds is 1. The molecule has 0 aliphatic heterocycles. The van der Waals surface area contributed by atoms with E-state index >= 15 is 4.39 Å². The van der Waals surface area contributed by atoms with Crippen LogP contribution in [0, 0.1) is 5.82 Å². The molecule has 0 fully saturated rings. The van der Waals surface area contributed by atoms with E-state index in [4.69, 9.17) is 12.3 Å². The molecule has 0 spiro atoms. The second-order valence-electron chi connectivity index (χ2n) is 5.69. The van der Waals surface area contributed by atoms with Crippen LogP contribution in [0.5, 0.6) is 0 Å². The molecule has 2 heterocycles. The van der Waals surface area contributed by atoms with E-state index in [1.165, 1.54) is 6.07 Å². The number of aromatic nitrogens is 2. The monoisotopic (exact) mass is 455 g/mol. The Bertz CT molecular complexity index is 1790. The molecule has 0 aliphatic carbocycles. The molecule has 0 atom stereocenters. The van der Waals surface area contributed by atoms with Crippen LogP contribution >= 0.6 is 0 Å². The second-order valence-corrected chi connectivity index (χ2v) is 7.89. The van der Waals surface area contributed by atoms with E-state index in [0.717, 1.165) is 0 Å². The van der Waals surface area contributed by atoms with Crippen LogP contribution in [0.1, 0.15) is 17.9 Å². The standard InChI is InChI=1S/C21H10F4N2Se/c22-18-13-7-3-2-6-12(13)17(21(23,24)25)20-16(18)19(26-10-27-20)15-9-11-5-1-4-8-14(11)28-15/h1-10H/i1D,2D,3D,4D,5D,6D,7D,8D,10D. The van der Waals surface area contributed by atoms with Gasteiger partial charge in [-0.1, -0.05) is 0 Å². The minimum absolute atomic E-state index is 0.0580. The maximum absolute atomic E-state index is 16.0. The zero-order chi connectivity index (χ0) is 27.3. The number of benzene rings is 3. The van der Waals surface area contributed by atoms with Crippen molar-refractivity contribution in [2.75, 3.05) is 0 Å². The van der Waals surface area contributed by atoms with Crippen LogP contribution in [0.15, 0.2) is 60.7 Å². The molecule has 0 bridgehead atoms. The van der Waals surface area contributed by atoms with Crippen molar-refractivity contribution in [2.45, 2.75) is 6.18 Å². The van der Waals surface area contributed by atoms with Crippen LogP contribution in [0.3, 0.4) is 0 Å². The van der Waals surface area contributed by atoms with Crippen molar-refractivity contribution >= 4 is 45.8 Å². The molecule has 5 rings (SSSR count). The Morgan fingerprint density at radius 1 is 0.929 bits per heavy atom. The van der Waals surface area contributed by atoms with Gasteiger partial charge >= 0.3 is 174 Å². The molecular weight excluding hydrogens is 435 g/mol. The Balaban J connectivity index is 2.06. The summed E-state index contributed by atoms with van der Waals surface area (Å²) in [6, 6.07) is -4.62. The SMILES string of the molecule is [2H]c1nc(-c2cc3c([2H])c([2H])c([2H])c([2H])c3[se]2)c2c(F)c3c([2H])c([2H])c([2H])c([2H])c3c(C(F)(F)F)c2n1. The van der Waals surface area contributed by atoms with E-state index in [0.29, 0.717) is 0 Å². The zero-order valence-corrected chi connectivity index (χ0v) is 15.1. The van der Waals surface area contributed by atoms with Gasteiger partial charge in [0.15, 0.2) is 0 Å². The molecule has 0 saturated heterocycles. The predicted molar refractivity (Wildman–Crippen MR) is 102 cm³/mol. The molecule has 138 valence electrons. The van der Waals surface area contributed by atoms with Crippen molar-refractivity contribution in [3.05, 3.63) is 72.1 Å². The molecule has 3 aromatic carbocycles. The van der Waals surface area contributed by atoms with Crippen LogP contribution < -0.4 is 0 Å². The molecule has 0 amide bonds. The first-order chi connectivity index (χ1) is 17.2. The van der Waals surface area contributed by atoms with Gasteiger partial charge in [-0.15, -0.1) is 0 Å². The van der Waals surface area contributed by atoms with Gasteiger partial charge in [0.2, 0.25) is 0 Å². The Hall–Kier alpha value is -2.76. The van der Waals surface area contributed by atoms with Crippen molar-refractivity contribution in [1.29, 1.82) is 0 Å². The normalized spacial score (nSPS) is 16.8. The Kier molecular flexibility index (Phi) is 2.22. The zero-order valence-electron chi connectivity index (χ0n) is 22.4. The molecule has 5 aromatic rings. The first-order valence-corrected chi connectivity index (χ1v) is 9.35. The van der Waals surface area contributed by atoms with E-state index in [-0.39, 0.29) is 20.1 Å². The average Bonchev–Trinajstić information content (AvgIpc) is 3.27. The Morgan fingerprint density at radius 2 is 1.64 bits per heavy atom. The summed E-state index contributed by atoms with van der Waals surface area (Å²) in [5, 5.41) is -2.89. The third-order valence-corrected chi connectivity index (χ3v) is 6.31. The summed E-state index contributed by atoms with van der Waals surface area (Å²) in [7, 11) is 0. The predicted octanol–water partition coefficient (Wildman–Crippen LogP) is 5.82. The number of alkyl halides is 3. The molecule has 0 saturated carbocycles. The summed E-state index contributed by atoms with van der Waals surface area (Å²) >= 11 is -0.977. The van der Waals surface area contributed by atoms with Gasteiger partial charge < -0.3 is 0 Å². The fourth-order valence-corrected chi connectivity index (χ4v) is 5.00. The fraction of sp³-hybridized carbons (Fsp3) is 0.0476. The summed E-state index contributed by atoms with van der Waals surface area (Å²) in [6.45, 7) is 0. The summed E-state index contributed by atoms with van der Waals surface area (Å²) in [6.07, 6.45) is -6.18. The van der Waals surface area contributed by atoms with Crippen LogP contribution in [0.25, 0.3) is 41.5 Å². The Morgan fingerprint density at radius 3 is 2.43 bits per heavy atom. The molecule has 7 heteroatoms. The van der Waals surface area contributed by atoms with E-state index in [1.807, 2.05) is 0 Å². The number of hydrogen-bond donors (Lipinski definition) is 0. The van der Waals surface area contributed by atoms with E-state index in [9.17, 15) is 13.2 Å². The molecule has 0 N–H and O–H groups in total. The fourth-order valence-electron chi connectivity index (χ4n) is 2.98. The summed E-state index contributed by atoms with van der Waals surface area (Å²) in [5.41, 5.74) is -3.17. The van der Waals surface area contributed by atoms with E-state index < -0.39 is 108 Å². The van der Waals surface area contributed by atoms with Crippen LogP contribution in [0.4, 0.5) is 17.6 Å². The van der Waals surface area contributed by atoms with E-state index in [1.54, 1.807) is 0 Å². The Labute approximate surface area is 174 Å². The van der Waals surface area contributed by atoms with Gasteiger partial charge in [0.25, 0.3) is 0 Å². The first kappa shape index (κ1) is 10.1. The summed E-state index contributed by atoms with van der Waals surface area (Å²) in [4.78, 5) is 7.35.